The van der Waals surface area contributed by atoms with Crippen molar-refractivity contribution >= 4 is 23.5 Å². The molecule has 1 aliphatic rings. The van der Waals surface area contributed by atoms with Gasteiger partial charge >= 0.3 is 5.97 Å². The number of nitro benzene ring substituents is 1. The van der Waals surface area contributed by atoms with Crippen LogP contribution in [0, 0.1) is 16.0 Å². The smallest absolute Gasteiger partial charge is 0.329 e. The average molecular weight is 396 g/mol. The van der Waals surface area contributed by atoms with E-state index in [1.807, 2.05) is 13.8 Å². The third-order valence-corrected chi connectivity index (χ3v) is 4.63. The number of carbonyl (C=O) groups excluding carboxylic acids is 3. The number of fused-ring (bicyclic) bond motifs is 1. The van der Waals surface area contributed by atoms with E-state index in [2.05, 4.69) is 0 Å². The molecule has 0 saturated heterocycles. The standard InChI is InChI=1S/C21H20N2O6/c1-13(2)11-18(22-19(24)16-5-3-4-6-17(16)20(22)25)21(26)29-12-14-7-9-15(10-8-14)23(27)28/h3-10,13,18H,11-12H2,1-2H3. The Morgan fingerprint density at radius 2 is 1.59 bits per heavy atom. The minimum atomic E-state index is -1.04. The van der Waals surface area contributed by atoms with Gasteiger partial charge in [0.15, 0.2) is 0 Å². The summed E-state index contributed by atoms with van der Waals surface area (Å²) in [7, 11) is 0. The highest BCUT2D eigenvalue weighted by Crippen LogP contribution is 2.27. The van der Waals surface area contributed by atoms with Crippen LogP contribution in [0.3, 0.4) is 0 Å². The highest BCUT2D eigenvalue weighted by Gasteiger charge is 2.43. The van der Waals surface area contributed by atoms with Crippen LogP contribution in [0.15, 0.2) is 48.5 Å². The molecule has 29 heavy (non-hydrogen) atoms. The Morgan fingerprint density at radius 3 is 2.07 bits per heavy atom. The molecular formula is C21H20N2O6. The molecule has 0 saturated carbocycles. The molecule has 1 heterocycles. The van der Waals surface area contributed by atoms with Crippen LogP contribution in [-0.2, 0) is 16.1 Å². The molecule has 8 heteroatoms. The van der Waals surface area contributed by atoms with Crippen molar-refractivity contribution in [3.8, 4) is 0 Å². The quantitative estimate of drug-likeness (QED) is 0.307. The molecule has 0 aromatic heterocycles. The van der Waals surface area contributed by atoms with Crippen molar-refractivity contribution in [2.24, 2.45) is 5.92 Å². The molecule has 0 N–H and O–H groups in total. The molecule has 3 rings (SSSR count). The number of nitro groups is 1. The summed E-state index contributed by atoms with van der Waals surface area (Å²) in [6.45, 7) is 3.65. The van der Waals surface area contributed by atoms with Crippen molar-refractivity contribution in [1.29, 1.82) is 0 Å². The summed E-state index contributed by atoms with van der Waals surface area (Å²) < 4.78 is 5.34. The maximum absolute atomic E-state index is 12.8. The Morgan fingerprint density at radius 1 is 1.03 bits per heavy atom. The highest BCUT2D eigenvalue weighted by molar-refractivity contribution is 6.22. The van der Waals surface area contributed by atoms with E-state index >= 15 is 0 Å². The summed E-state index contributed by atoms with van der Waals surface area (Å²) in [6.07, 6.45) is 0.268. The van der Waals surface area contributed by atoms with Gasteiger partial charge in [0.1, 0.15) is 12.6 Å². The minimum absolute atomic E-state index is 0.0382. The first kappa shape index (κ1) is 20.2. The zero-order valence-electron chi connectivity index (χ0n) is 16.0. The van der Waals surface area contributed by atoms with Crippen molar-refractivity contribution in [1.82, 2.24) is 4.90 Å². The van der Waals surface area contributed by atoms with Crippen LogP contribution in [-0.4, -0.2) is 33.6 Å². The third kappa shape index (κ3) is 4.16. The van der Waals surface area contributed by atoms with Crippen molar-refractivity contribution < 1.29 is 24.0 Å². The molecular weight excluding hydrogens is 376 g/mol. The molecule has 0 radical (unpaired) electrons. The monoisotopic (exact) mass is 396 g/mol. The van der Waals surface area contributed by atoms with Gasteiger partial charge in [0.25, 0.3) is 17.5 Å². The SMILES string of the molecule is CC(C)CC(C(=O)OCc1ccc([N+](=O)[O-])cc1)N1C(=O)c2ccccc2C1=O. The number of esters is 1. The van der Waals surface area contributed by atoms with E-state index in [0.29, 0.717) is 5.56 Å². The lowest BCUT2D eigenvalue weighted by Gasteiger charge is -2.26. The van der Waals surface area contributed by atoms with Gasteiger partial charge in [-0.1, -0.05) is 26.0 Å². The van der Waals surface area contributed by atoms with E-state index in [1.165, 1.54) is 24.3 Å². The number of nitrogens with zero attached hydrogens (tertiary/aromatic N) is 2. The fourth-order valence-corrected chi connectivity index (χ4v) is 3.21. The first-order valence-corrected chi connectivity index (χ1v) is 9.16. The summed E-state index contributed by atoms with van der Waals surface area (Å²) in [4.78, 5) is 49.4. The number of rotatable bonds is 7. The summed E-state index contributed by atoms with van der Waals surface area (Å²) in [6, 6.07) is 11.0. The maximum Gasteiger partial charge on any atom is 0.329 e. The lowest BCUT2D eigenvalue weighted by molar-refractivity contribution is -0.384. The zero-order chi connectivity index (χ0) is 21.1. The van der Waals surface area contributed by atoms with Crippen molar-refractivity contribution in [3.63, 3.8) is 0 Å². The van der Waals surface area contributed by atoms with Crippen LogP contribution in [0.2, 0.25) is 0 Å². The Hall–Kier alpha value is -3.55. The molecule has 150 valence electrons. The van der Waals surface area contributed by atoms with Gasteiger partial charge in [0.05, 0.1) is 16.1 Å². The number of hydrogen-bond acceptors (Lipinski definition) is 6. The van der Waals surface area contributed by atoms with E-state index in [0.717, 1.165) is 4.90 Å². The third-order valence-electron chi connectivity index (χ3n) is 4.63. The van der Waals surface area contributed by atoms with Crippen LogP contribution in [0.25, 0.3) is 0 Å². The molecule has 2 aromatic carbocycles. The Kier molecular flexibility index (Phi) is 5.72. The van der Waals surface area contributed by atoms with Crippen molar-refractivity contribution in [2.45, 2.75) is 32.9 Å². The van der Waals surface area contributed by atoms with E-state index < -0.39 is 28.7 Å². The van der Waals surface area contributed by atoms with E-state index in [9.17, 15) is 24.5 Å². The van der Waals surface area contributed by atoms with Crippen molar-refractivity contribution in [2.75, 3.05) is 0 Å². The fourth-order valence-electron chi connectivity index (χ4n) is 3.21. The summed E-state index contributed by atoms with van der Waals surface area (Å²) >= 11 is 0. The molecule has 8 nitrogen and oxygen atoms in total. The number of imide groups is 1. The fraction of sp³-hybridized carbons (Fsp3) is 0.286. The Balaban J connectivity index is 1.77. The maximum atomic E-state index is 12.8. The predicted molar refractivity (Wildman–Crippen MR) is 103 cm³/mol. The normalized spacial score (nSPS) is 14.1. The van der Waals surface area contributed by atoms with Gasteiger partial charge in [-0.05, 0) is 42.2 Å². The zero-order valence-corrected chi connectivity index (χ0v) is 16.0. The van der Waals surface area contributed by atoms with Crippen LogP contribution in [0.1, 0.15) is 46.5 Å². The summed E-state index contributed by atoms with van der Waals surface area (Å²) in [5.74, 6) is -1.67. The molecule has 0 aliphatic carbocycles. The van der Waals surface area contributed by atoms with E-state index in [-0.39, 0.29) is 35.8 Å². The predicted octanol–water partition coefficient (Wildman–Crippen LogP) is 3.35. The molecule has 1 atom stereocenters. The second-order valence-electron chi connectivity index (χ2n) is 7.20. The number of amides is 2. The first-order chi connectivity index (χ1) is 13.8. The van der Waals surface area contributed by atoms with Crippen molar-refractivity contribution in [3.05, 3.63) is 75.3 Å². The Labute approximate surface area is 167 Å². The van der Waals surface area contributed by atoms with Gasteiger partial charge < -0.3 is 4.74 Å². The molecule has 0 fully saturated rings. The lowest BCUT2D eigenvalue weighted by atomic mass is 10.0. The van der Waals surface area contributed by atoms with Gasteiger partial charge in [-0.25, -0.2) is 4.79 Å². The molecule has 2 aromatic rings. The van der Waals surface area contributed by atoms with Gasteiger partial charge in [-0.15, -0.1) is 0 Å². The minimum Gasteiger partial charge on any atom is -0.459 e. The van der Waals surface area contributed by atoms with E-state index in [4.69, 9.17) is 4.74 Å². The van der Waals surface area contributed by atoms with Gasteiger partial charge in [-0.3, -0.25) is 24.6 Å². The molecule has 1 aliphatic heterocycles. The Bertz CT molecular complexity index is 932. The largest absolute Gasteiger partial charge is 0.459 e. The second-order valence-corrected chi connectivity index (χ2v) is 7.20. The second kappa shape index (κ2) is 8.22. The summed E-state index contributed by atoms with van der Waals surface area (Å²) in [5, 5.41) is 10.7. The van der Waals surface area contributed by atoms with Crippen LogP contribution in [0.5, 0.6) is 0 Å². The highest BCUT2D eigenvalue weighted by atomic mass is 16.6. The number of hydrogen-bond donors (Lipinski definition) is 0. The molecule has 0 spiro atoms. The van der Waals surface area contributed by atoms with Crippen LogP contribution < -0.4 is 0 Å². The first-order valence-electron chi connectivity index (χ1n) is 9.16. The number of carbonyl (C=O) groups is 3. The molecule has 1 unspecified atom stereocenters. The number of non-ortho nitro benzene ring substituents is 1. The number of ether oxygens (including phenoxy) is 1. The van der Waals surface area contributed by atoms with E-state index in [1.54, 1.807) is 24.3 Å². The molecule has 2 amide bonds. The molecule has 0 bridgehead atoms. The van der Waals surface area contributed by atoms with Gasteiger partial charge in [-0.2, -0.15) is 0 Å². The van der Waals surface area contributed by atoms with Gasteiger partial charge in [0.2, 0.25) is 0 Å². The number of benzene rings is 2. The average Bonchev–Trinajstić information content (AvgIpc) is 2.95. The summed E-state index contributed by atoms with van der Waals surface area (Å²) in [5.41, 5.74) is 1.04. The van der Waals surface area contributed by atoms with Gasteiger partial charge in [0, 0.05) is 12.1 Å². The van der Waals surface area contributed by atoms with Crippen LogP contribution in [0.4, 0.5) is 5.69 Å². The van der Waals surface area contributed by atoms with Crippen LogP contribution >= 0.6 is 0 Å². The topological polar surface area (TPSA) is 107 Å². The lowest BCUT2D eigenvalue weighted by Crippen LogP contribution is -2.46.